The summed E-state index contributed by atoms with van der Waals surface area (Å²) >= 11 is 5.81. The molecule has 0 aliphatic carbocycles. The zero-order chi connectivity index (χ0) is 25.6. The summed E-state index contributed by atoms with van der Waals surface area (Å²) in [6.45, 7) is 6.38. The number of hydrogen-bond donors (Lipinski definition) is 2. The standard InChI is InChI=1S/C27H32N4O5S/c1-33-22-5-4-20-14-21(26(32)29-23(20)15-22)17-31(16-19-3-6-24-25(13-19)36-18-35-24)27(37)28-7-2-8-30-9-11-34-12-10-30/h3-6,13-15H,2,7-12,16-18H2,1H3,(H,28,37)(H,29,32). The lowest BCUT2D eigenvalue weighted by molar-refractivity contribution is 0.0376. The van der Waals surface area contributed by atoms with Crippen LogP contribution in [0.25, 0.3) is 10.9 Å². The molecule has 1 aromatic heterocycles. The van der Waals surface area contributed by atoms with E-state index in [9.17, 15) is 4.79 Å². The molecule has 0 spiro atoms. The highest BCUT2D eigenvalue weighted by molar-refractivity contribution is 7.80. The van der Waals surface area contributed by atoms with Gasteiger partial charge in [-0.25, -0.2) is 0 Å². The third kappa shape index (κ3) is 6.33. The molecule has 0 bridgehead atoms. The van der Waals surface area contributed by atoms with Crippen LogP contribution in [0.5, 0.6) is 17.2 Å². The second-order valence-electron chi connectivity index (χ2n) is 9.16. The summed E-state index contributed by atoms with van der Waals surface area (Å²) in [6, 6.07) is 13.4. The molecule has 10 heteroatoms. The van der Waals surface area contributed by atoms with Gasteiger partial charge in [0.15, 0.2) is 16.6 Å². The number of thiocarbonyl (C=S) groups is 1. The highest BCUT2D eigenvalue weighted by atomic mass is 32.1. The molecule has 1 saturated heterocycles. The third-order valence-corrected chi connectivity index (χ3v) is 7.02. The van der Waals surface area contributed by atoms with Crippen molar-refractivity contribution < 1.29 is 18.9 Å². The van der Waals surface area contributed by atoms with Crippen LogP contribution in [0.3, 0.4) is 0 Å². The number of rotatable bonds is 9. The predicted octanol–water partition coefficient (Wildman–Crippen LogP) is 2.86. The number of morpholine rings is 1. The summed E-state index contributed by atoms with van der Waals surface area (Å²) in [5.41, 5.74) is 2.24. The molecule has 9 nitrogen and oxygen atoms in total. The van der Waals surface area contributed by atoms with Crippen LogP contribution < -0.4 is 25.1 Å². The molecule has 0 amide bonds. The highest BCUT2D eigenvalue weighted by Gasteiger charge is 2.18. The largest absolute Gasteiger partial charge is 0.497 e. The van der Waals surface area contributed by atoms with Crippen LogP contribution in [-0.2, 0) is 17.8 Å². The molecule has 2 aliphatic heterocycles. The maximum atomic E-state index is 13.0. The molecule has 0 atom stereocenters. The van der Waals surface area contributed by atoms with Crippen molar-refractivity contribution in [2.45, 2.75) is 19.5 Å². The maximum absolute atomic E-state index is 13.0. The number of aromatic nitrogens is 1. The second kappa shape index (κ2) is 11.8. The van der Waals surface area contributed by atoms with E-state index in [-0.39, 0.29) is 12.4 Å². The molecule has 0 saturated carbocycles. The van der Waals surface area contributed by atoms with E-state index in [1.54, 1.807) is 7.11 Å². The van der Waals surface area contributed by atoms with Gasteiger partial charge in [0.25, 0.3) is 5.56 Å². The van der Waals surface area contributed by atoms with Crippen LogP contribution in [0.1, 0.15) is 17.5 Å². The van der Waals surface area contributed by atoms with E-state index in [4.69, 9.17) is 31.2 Å². The van der Waals surface area contributed by atoms with E-state index in [0.717, 1.165) is 73.8 Å². The van der Waals surface area contributed by atoms with Crippen LogP contribution in [0, 0.1) is 0 Å². The van der Waals surface area contributed by atoms with Gasteiger partial charge in [-0.1, -0.05) is 6.07 Å². The molecular formula is C27H32N4O5S. The van der Waals surface area contributed by atoms with Gasteiger partial charge in [-0.3, -0.25) is 9.69 Å². The molecule has 2 N–H and O–H groups in total. The zero-order valence-electron chi connectivity index (χ0n) is 21.0. The lowest BCUT2D eigenvalue weighted by Crippen LogP contribution is -2.42. The summed E-state index contributed by atoms with van der Waals surface area (Å²) in [5.74, 6) is 2.16. The average Bonchev–Trinajstić information content (AvgIpc) is 3.39. The fraction of sp³-hybridized carbons (Fsp3) is 0.407. The molecule has 37 heavy (non-hydrogen) atoms. The van der Waals surface area contributed by atoms with Crippen molar-refractivity contribution in [1.29, 1.82) is 0 Å². The lowest BCUT2D eigenvalue weighted by atomic mass is 10.1. The Balaban J connectivity index is 1.31. The Bertz CT molecular complexity index is 1310. The first-order chi connectivity index (χ1) is 18.1. The number of aromatic amines is 1. The lowest BCUT2D eigenvalue weighted by Gasteiger charge is -2.28. The number of H-pyrrole nitrogens is 1. The number of pyridine rings is 1. The second-order valence-corrected chi connectivity index (χ2v) is 9.55. The Morgan fingerprint density at radius 3 is 2.78 bits per heavy atom. The third-order valence-electron chi connectivity index (χ3n) is 6.62. The Hall–Kier alpha value is -3.34. The van der Waals surface area contributed by atoms with Gasteiger partial charge in [0.1, 0.15) is 5.75 Å². The SMILES string of the molecule is COc1ccc2cc(CN(Cc3ccc4c(c3)OCO4)C(=S)NCCCN3CCOCC3)c(=O)[nH]c2c1. The van der Waals surface area contributed by atoms with Crippen LogP contribution in [-0.4, -0.2) is 73.2 Å². The number of methoxy groups -OCH3 is 1. The number of benzene rings is 2. The van der Waals surface area contributed by atoms with Gasteiger partial charge in [0.2, 0.25) is 6.79 Å². The summed E-state index contributed by atoms with van der Waals surface area (Å²) in [6.07, 6.45) is 0.969. The summed E-state index contributed by atoms with van der Waals surface area (Å²) < 4.78 is 21.7. The van der Waals surface area contributed by atoms with E-state index in [0.29, 0.717) is 29.5 Å². The summed E-state index contributed by atoms with van der Waals surface area (Å²) in [4.78, 5) is 20.4. The number of ether oxygens (including phenoxy) is 4. The van der Waals surface area contributed by atoms with Gasteiger partial charge in [-0.2, -0.15) is 0 Å². The fourth-order valence-corrected chi connectivity index (χ4v) is 4.80. The maximum Gasteiger partial charge on any atom is 0.253 e. The van der Waals surface area contributed by atoms with Crippen molar-refractivity contribution >= 4 is 28.2 Å². The van der Waals surface area contributed by atoms with E-state index in [2.05, 4.69) is 15.2 Å². The molecule has 196 valence electrons. The smallest absolute Gasteiger partial charge is 0.253 e. The molecule has 5 rings (SSSR count). The van der Waals surface area contributed by atoms with Gasteiger partial charge in [-0.15, -0.1) is 0 Å². The first kappa shape index (κ1) is 25.3. The van der Waals surface area contributed by atoms with Crippen LogP contribution in [0.15, 0.2) is 47.3 Å². The molecule has 2 aliphatic rings. The van der Waals surface area contributed by atoms with Crippen molar-refractivity contribution in [1.82, 2.24) is 20.1 Å². The summed E-state index contributed by atoms with van der Waals surface area (Å²) in [5, 5.41) is 4.94. The summed E-state index contributed by atoms with van der Waals surface area (Å²) in [7, 11) is 1.61. The van der Waals surface area contributed by atoms with Gasteiger partial charge in [0.05, 0.1) is 32.4 Å². The molecule has 0 unspecified atom stereocenters. The Morgan fingerprint density at radius 1 is 1.11 bits per heavy atom. The minimum absolute atomic E-state index is 0.147. The van der Waals surface area contributed by atoms with Crippen LogP contribution in [0.4, 0.5) is 0 Å². The molecule has 2 aromatic carbocycles. The van der Waals surface area contributed by atoms with Crippen molar-refractivity contribution in [3.05, 3.63) is 63.9 Å². The Labute approximate surface area is 221 Å². The average molecular weight is 525 g/mol. The van der Waals surface area contributed by atoms with Gasteiger partial charge >= 0.3 is 0 Å². The Kier molecular flexibility index (Phi) is 8.08. The molecule has 1 fully saturated rings. The van der Waals surface area contributed by atoms with Crippen molar-refractivity contribution in [3.8, 4) is 17.2 Å². The van der Waals surface area contributed by atoms with Crippen LogP contribution in [0.2, 0.25) is 0 Å². The molecule has 0 radical (unpaired) electrons. The fourth-order valence-electron chi connectivity index (χ4n) is 4.57. The topological polar surface area (TPSA) is 88.3 Å². The number of hydrogen-bond acceptors (Lipinski definition) is 7. The van der Waals surface area contributed by atoms with Gasteiger partial charge in [0, 0.05) is 37.8 Å². The predicted molar refractivity (Wildman–Crippen MR) is 145 cm³/mol. The Morgan fingerprint density at radius 2 is 1.95 bits per heavy atom. The monoisotopic (exact) mass is 524 g/mol. The van der Waals surface area contributed by atoms with Crippen molar-refractivity contribution in [2.75, 3.05) is 53.3 Å². The van der Waals surface area contributed by atoms with Crippen LogP contribution >= 0.6 is 12.2 Å². The number of fused-ring (bicyclic) bond motifs is 2. The van der Waals surface area contributed by atoms with Gasteiger partial charge in [-0.05, 0) is 66.5 Å². The molecule has 3 heterocycles. The molecule has 3 aromatic rings. The normalized spacial score (nSPS) is 15.1. The highest BCUT2D eigenvalue weighted by Crippen LogP contribution is 2.33. The van der Waals surface area contributed by atoms with Gasteiger partial charge < -0.3 is 34.1 Å². The van der Waals surface area contributed by atoms with E-state index < -0.39 is 0 Å². The van der Waals surface area contributed by atoms with E-state index in [1.807, 2.05) is 47.4 Å². The number of nitrogens with one attached hydrogen (secondary N) is 2. The minimum atomic E-state index is -0.147. The van der Waals surface area contributed by atoms with Crippen molar-refractivity contribution in [3.63, 3.8) is 0 Å². The first-order valence-corrected chi connectivity index (χ1v) is 12.9. The van der Waals surface area contributed by atoms with E-state index in [1.165, 1.54) is 0 Å². The first-order valence-electron chi connectivity index (χ1n) is 12.5. The molecular weight excluding hydrogens is 492 g/mol. The minimum Gasteiger partial charge on any atom is -0.497 e. The van der Waals surface area contributed by atoms with Crippen molar-refractivity contribution in [2.24, 2.45) is 0 Å². The quantitative estimate of drug-likeness (QED) is 0.324. The van der Waals surface area contributed by atoms with E-state index >= 15 is 0 Å². The number of nitrogens with zero attached hydrogens (tertiary/aromatic N) is 2. The zero-order valence-corrected chi connectivity index (χ0v) is 21.8.